The van der Waals surface area contributed by atoms with E-state index in [0.29, 0.717) is 6.42 Å². The molecule has 2 aromatic carbocycles. The van der Waals surface area contributed by atoms with E-state index in [9.17, 15) is 4.79 Å². The number of ether oxygens (including phenoxy) is 1. The van der Waals surface area contributed by atoms with Gasteiger partial charge in [0.1, 0.15) is 5.60 Å². The van der Waals surface area contributed by atoms with Crippen LogP contribution in [-0.4, -0.2) is 16.6 Å². The van der Waals surface area contributed by atoms with E-state index < -0.39 is 5.60 Å². The quantitative estimate of drug-likeness (QED) is 0.402. The molecule has 0 aliphatic heterocycles. The van der Waals surface area contributed by atoms with Crippen LogP contribution in [-0.2, 0) is 16.0 Å². The summed E-state index contributed by atoms with van der Waals surface area (Å²) in [5.41, 5.74) is 4.03. The Balaban J connectivity index is 1.74. The van der Waals surface area contributed by atoms with Crippen LogP contribution in [0.3, 0.4) is 0 Å². The van der Waals surface area contributed by atoms with E-state index in [1.165, 1.54) is 11.1 Å². The van der Waals surface area contributed by atoms with Crippen LogP contribution in [0.25, 0.3) is 22.0 Å². The zero-order chi connectivity index (χ0) is 19.3. The number of rotatable bonds is 6. The highest BCUT2D eigenvalue weighted by atomic mass is 16.6. The van der Waals surface area contributed by atoms with Gasteiger partial charge in [-0.2, -0.15) is 0 Å². The van der Waals surface area contributed by atoms with Crippen molar-refractivity contribution in [3.63, 3.8) is 0 Å². The van der Waals surface area contributed by atoms with Crippen LogP contribution in [0, 0.1) is 0 Å². The number of aromatic nitrogens is 1. The minimum Gasteiger partial charge on any atom is -0.460 e. The monoisotopic (exact) mass is 361 g/mol. The van der Waals surface area contributed by atoms with Crippen LogP contribution in [0.15, 0.2) is 60.7 Å². The van der Waals surface area contributed by atoms with Gasteiger partial charge in [-0.15, -0.1) is 0 Å². The van der Waals surface area contributed by atoms with Crippen molar-refractivity contribution in [2.24, 2.45) is 0 Å². The molecule has 0 unspecified atom stereocenters. The van der Waals surface area contributed by atoms with E-state index in [1.54, 1.807) is 0 Å². The number of para-hydroxylation sites is 1. The molecule has 0 radical (unpaired) electrons. The Kier molecular flexibility index (Phi) is 5.90. The van der Waals surface area contributed by atoms with Gasteiger partial charge in [0.25, 0.3) is 0 Å². The zero-order valence-electron chi connectivity index (χ0n) is 16.4. The molecule has 0 saturated carbocycles. The summed E-state index contributed by atoms with van der Waals surface area (Å²) in [5, 5.41) is 1.15. The molecule has 1 aromatic heterocycles. The third-order valence-electron chi connectivity index (χ3n) is 4.35. The van der Waals surface area contributed by atoms with Crippen molar-refractivity contribution in [3.05, 3.63) is 66.4 Å². The Bertz CT molecular complexity index is 911. The molecule has 0 aliphatic carbocycles. The summed E-state index contributed by atoms with van der Waals surface area (Å²) in [6.07, 6.45) is 3.01. The maximum Gasteiger partial charge on any atom is 0.306 e. The van der Waals surface area contributed by atoms with Gasteiger partial charge in [-0.05, 0) is 57.7 Å². The second-order valence-electron chi connectivity index (χ2n) is 7.83. The molecule has 3 aromatic rings. The fourth-order valence-corrected chi connectivity index (χ4v) is 3.17. The second kappa shape index (κ2) is 8.34. The zero-order valence-corrected chi connectivity index (χ0v) is 16.4. The van der Waals surface area contributed by atoms with Crippen molar-refractivity contribution in [1.82, 2.24) is 4.98 Å². The van der Waals surface area contributed by atoms with Gasteiger partial charge in [0.2, 0.25) is 0 Å². The smallest absolute Gasteiger partial charge is 0.306 e. The predicted molar refractivity (Wildman–Crippen MR) is 111 cm³/mol. The summed E-state index contributed by atoms with van der Waals surface area (Å²) in [7, 11) is 0. The number of fused-ring (bicyclic) bond motifs is 1. The number of aryl methyl sites for hydroxylation is 1. The van der Waals surface area contributed by atoms with E-state index in [4.69, 9.17) is 9.72 Å². The summed E-state index contributed by atoms with van der Waals surface area (Å²) < 4.78 is 5.39. The number of pyridine rings is 1. The van der Waals surface area contributed by atoms with E-state index in [1.807, 2.05) is 45.0 Å². The lowest BCUT2D eigenvalue weighted by molar-refractivity contribution is -0.154. The molecule has 3 nitrogen and oxygen atoms in total. The second-order valence-corrected chi connectivity index (χ2v) is 7.83. The SMILES string of the molecule is CC(C)(C)OC(=O)CCCCc1nc2ccccc2cc1-c1ccccc1. The standard InChI is InChI=1S/C24H27NO2/c1-24(2,3)27-23(26)16-10-9-15-22-20(18-11-5-4-6-12-18)17-19-13-7-8-14-21(19)25-22/h4-8,11-14,17H,9-10,15-16H2,1-3H3. The molecule has 1 heterocycles. The number of carbonyl (C=O) groups is 1. The van der Waals surface area contributed by atoms with E-state index in [2.05, 4.69) is 36.4 Å². The van der Waals surface area contributed by atoms with Gasteiger partial charge in [-0.25, -0.2) is 0 Å². The van der Waals surface area contributed by atoms with Crippen molar-refractivity contribution >= 4 is 16.9 Å². The summed E-state index contributed by atoms with van der Waals surface area (Å²) in [6.45, 7) is 5.70. The lowest BCUT2D eigenvalue weighted by atomic mass is 9.98. The predicted octanol–water partition coefficient (Wildman–Crippen LogP) is 5.96. The van der Waals surface area contributed by atoms with Crippen molar-refractivity contribution in [2.45, 2.75) is 52.1 Å². The lowest BCUT2D eigenvalue weighted by Crippen LogP contribution is -2.23. The Hall–Kier alpha value is -2.68. The largest absolute Gasteiger partial charge is 0.460 e. The Morgan fingerprint density at radius 1 is 0.963 bits per heavy atom. The molecule has 0 saturated heterocycles. The fourth-order valence-electron chi connectivity index (χ4n) is 3.17. The number of hydrogen-bond acceptors (Lipinski definition) is 3. The molecule has 0 atom stereocenters. The Morgan fingerprint density at radius 2 is 1.67 bits per heavy atom. The van der Waals surface area contributed by atoms with Crippen molar-refractivity contribution < 1.29 is 9.53 Å². The normalized spacial score (nSPS) is 11.5. The average Bonchev–Trinajstić information content (AvgIpc) is 2.64. The first kappa shape index (κ1) is 19.1. The number of benzene rings is 2. The van der Waals surface area contributed by atoms with Gasteiger partial charge >= 0.3 is 5.97 Å². The molecule has 0 N–H and O–H groups in total. The number of unbranched alkanes of at least 4 members (excludes halogenated alkanes) is 1. The van der Waals surface area contributed by atoms with Crippen molar-refractivity contribution in [3.8, 4) is 11.1 Å². The molecular formula is C24H27NO2. The minimum absolute atomic E-state index is 0.128. The van der Waals surface area contributed by atoms with Crippen LogP contribution >= 0.6 is 0 Å². The number of nitrogens with zero attached hydrogens (tertiary/aromatic N) is 1. The third kappa shape index (κ3) is 5.40. The third-order valence-corrected chi connectivity index (χ3v) is 4.35. The van der Waals surface area contributed by atoms with Gasteiger partial charge < -0.3 is 4.74 Å². The first-order valence-corrected chi connectivity index (χ1v) is 9.58. The first-order valence-electron chi connectivity index (χ1n) is 9.58. The highest BCUT2D eigenvalue weighted by Gasteiger charge is 2.16. The van der Waals surface area contributed by atoms with Crippen LogP contribution in [0.5, 0.6) is 0 Å². The summed E-state index contributed by atoms with van der Waals surface area (Å²) >= 11 is 0. The van der Waals surface area contributed by atoms with E-state index in [0.717, 1.165) is 35.9 Å². The van der Waals surface area contributed by atoms with Gasteiger partial charge in [-0.1, -0.05) is 48.5 Å². The number of hydrogen-bond donors (Lipinski definition) is 0. The van der Waals surface area contributed by atoms with Crippen molar-refractivity contribution in [1.29, 1.82) is 0 Å². The van der Waals surface area contributed by atoms with Gasteiger partial charge in [-0.3, -0.25) is 9.78 Å². The Labute approximate surface area is 161 Å². The van der Waals surface area contributed by atoms with Crippen LogP contribution in [0.1, 0.15) is 45.7 Å². The van der Waals surface area contributed by atoms with E-state index in [-0.39, 0.29) is 5.97 Å². The minimum atomic E-state index is -0.419. The molecule has 0 spiro atoms. The average molecular weight is 361 g/mol. The fraction of sp³-hybridized carbons (Fsp3) is 0.333. The van der Waals surface area contributed by atoms with Crippen molar-refractivity contribution in [2.75, 3.05) is 0 Å². The van der Waals surface area contributed by atoms with Crippen LogP contribution in [0.2, 0.25) is 0 Å². The highest BCUT2D eigenvalue weighted by Crippen LogP contribution is 2.27. The maximum atomic E-state index is 11.9. The van der Waals surface area contributed by atoms with Gasteiger partial charge in [0, 0.05) is 23.1 Å². The van der Waals surface area contributed by atoms with Crippen LogP contribution < -0.4 is 0 Å². The molecule has 3 heteroatoms. The van der Waals surface area contributed by atoms with E-state index >= 15 is 0 Å². The van der Waals surface area contributed by atoms with Gasteiger partial charge in [0.15, 0.2) is 0 Å². The molecule has 140 valence electrons. The molecule has 27 heavy (non-hydrogen) atoms. The summed E-state index contributed by atoms with van der Waals surface area (Å²) in [4.78, 5) is 16.8. The molecule has 0 fully saturated rings. The lowest BCUT2D eigenvalue weighted by Gasteiger charge is -2.19. The topological polar surface area (TPSA) is 39.2 Å². The molecule has 0 aliphatic rings. The van der Waals surface area contributed by atoms with Gasteiger partial charge in [0.05, 0.1) is 5.52 Å². The summed E-state index contributed by atoms with van der Waals surface area (Å²) in [5.74, 6) is -0.128. The first-order chi connectivity index (χ1) is 12.9. The number of esters is 1. The molecule has 0 amide bonds. The maximum absolute atomic E-state index is 11.9. The summed E-state index contributed by atoms with van der Waals surface area (Å²) in [6, 6.07) is 20.8. The molecule has 0 bridgehead atoms. The highest BCUT2D eigenvalue weighted by molar-refractivity contribution is 5.85. The Morgan fingerprint density at radius 3 is 2.41 bits per heavy atom. The number of carbonyl (C=O) groups excluding carboxylic acids is 1. The molecule has 3 rings (SSSR count). The molecular weight excluding hydrogens is 334 g/mol. The van der Waals surface area contributed by atoms with Crippen LogP contribution in [0.4, 0.5) is 0 Å².